The minimum Gasteiger partial charge on any atom is -0.342 e. The van der Waals surface area contributed by atoms with Crippen LogP contribution in [0.3, 0.4) is 0 Å². The predicted octanol–water partition coefficient (Wildman–Crippen LogP) is 2.69. The van der Waals surface area contributed by atoms with Gasteiger partial charge in [-0.1, -0.05) is 13.8 Å². The van der Waals surface area contributed by atoms with Crippen molar-refractivity contribution in [2.75, 3.05) is 26.2 Å². The lowest BCUT2D eigenvalue weighted by Crippen LogP contribution is -2.31. The van der Waals surface area contributed by atoms with Crippen molar-refractivity contribution in [1.29, 1.82) is 0 Å². The van der Waals surface area contributed by atoms with Crippen LogP contribution in [-0.4, -0.2) is 37.0 Å². The Bertz CT molecular complexity index is 277. The molecule has 2 aliphatic rings. The van der Waals surface area contributed by atoms with Gasteiger partial charge in [-0.25, -0.2) is 0 Å². The number of halogens is 1. The molecule has 2 aliphatic heterocycles. The molecule has 2 rings (SSSR count). The van der Waals surface area contributed by atoms with E-state index in [0.29, 0.717) is 11.8 Å². The number of carbonyl (C=O) groups is 1. The van der Waals surface area contributed by atoms with E-state index in [2.05, 4.69) is 24.1 Å². The summed E-state index contributed by atoms with van der Waals surface area (Å²) in [7, 11) is 0. The number of rotatable bonds is 4. The summed E-state index contributed by atoms with van der Waals surface area (Å²) in [5.74, 6) is 2.62. The summed E-state index contributed by atoms with van der Waals surface area (Å²) in [4.78, 5) is 14.3. The molecule has 19 heavy (non-hydrogen) atoms. The Morgan fingerprint density at radius 3 is 2.53 bits per heavy atom. The largest absolute Gasteiger partial charge is 0.342 e. The van der Waals surface area contributed by atoms with Gasteiger partial charge in [0.2, 0.25) is 5.91 Å². The Balaban J connectivity index is 0.00000180. The fourth-order valence-corrected chi connectivity index (χ4v) is 3.21. The maximum Gasteiger partial charge on any atom is 0.222 e. The first-order valence-corrected chi connectivity index (χ1v) is 7.65. The van der Waals surface area contributed by atoms with E-state index in [4.69, 9.17) is 0 Å². The third-order valence-corrected chi connectivity index (χ3v) is 4.75. The lowest BCUT2D eigenvalue weighted by Gasteiger charge is -2.23. The molecule has 2 heterocycles. The molecule has 0 aliphatic carbocycles. The maximum atomic E-state index is 12.2. The van der Waals surface area contributed by atoms with Gasteiger partial charge in [0.15, 0.2) is 0 Å². The van der Waals surface area contributed by atoms with Crippen molar-refractivity contribution in [2.45, 2.75) is 46.0 Å². The first-order valence-electron chi connectivity index (χ1n) is 7.65. The summed E-state index contributed by atoms with van der Waals surface area (Å²) < 4.78 is 0. The lowest BCUT2D eigenvalue weighted by molar-refractivity contribution is -0.130. The van der Waals surface area contributed by atoms with E-state index in [-0.39, 0.29) is 12.4 Å². The summed E-state index contributed by atoms with van der Waals surface area (Å²) in [5, 5.41) is 3.38. The number of nitrogens with one attached hydrogen (secondary N) is 1. The van der Waals surface area contributed by atoms with Crippen LogP contribution in [0.4, 0.5) is 0 Å². The standard InChI is InChI=1S/C15H28N2O.ClH/c1-12(2)14-7-10-17(11-14)15(18)4-3-13-5-8-16-9-6-13;/h12-14,16H,3-11H2,1-2H3;1H. The van der Waals surface area contributed by atoms with Crippen LogP contribution >= 0.6 is 12.4 Å². The van der Waals surface area contributed by atoms with Crippen LogP contribution in [0.15, 0.2) is 0 Å². The highest BCUT2D eigenvalue weighted by Gasteiger charge is 2.28. The number of piperidine rings is 1. The summed E-state index contributed by atoms with van der Waals surface area (Å²) in [6, 6.07) is 0. The molecule has 4 heteroatoms. The monoisotopic (exact) mass is 288 g/mol. The molecular formula is C15H29ClN2O. The molecule has 0 spiro atoms. The summed E-state index contributed by atoms with van der Waals surface area (Å²) >= 11 is 0. The highest BCUT2D eigenvalue weighted by atomic mass is 35.5. The average Bonchev–Trinajstić information content (AvgIpc) is 2.87. The SMILES string of the molecule is CC(C)C1CCN(C(=O)CCC2CCNCC2)C1.Cl. The van der Waals surface area contributed by atoms with E-state index in [1.54, 1.807) is 0 Å². The third-order valence-electron chi connectivity index (χ3n) is 4.75. The molecule has 1 amide bonds. The first kappa shape index (κ1) is 16.8. The van der Waals surface area contributed by atoms with Gasteiger partial charge in [0, 0.05) is 19.5 Å². The smallest absolute Gasteiger partial charge is 0.222 e. The van der Waals surface area contributed by atoms with E-state index in [9.17, 15) is 4.79 Å². The summed E-state index contributed by atoms with van der Waals surface area (Å²) in [5.41, 5.74) is 0. The topological polar surface area (TPSA) is 32.3 Å². The van der Waals surface area contributed by atoms with Crippen LogP contribution in [0.1, 0.15) is 46.0 Å². The van der Waals surface area contributed by atoms with Gasteiger partial charge in [-0.3, -0.25) is 4.79 Å². The normalized spacial score (nSPS) is 24.6. The number of likely N-dealkylation sites (tertiary alicyclic amines) is 1. The van der Waals surface area contributed by atoms with E-state index in [1.165, 1.54) is 19.3 Å². The van der Waals surface area contributed by atoms with E-state index in [1.807, 2.05) is 0 Å². The van der Waals surface area contributed by atoms with Gasteiger partial charge in [-0.2, -0.15) is 0 Å². The molecule has 1 unspecified atom stereocenters. The van der Waals surface area contributed by atoms with Crippen molar-refractivity contribution in [3.63, 3.8) is 0 Å². The van der Waals surface area contributed by atoms with Crippen molar-refractivity contribution in [3.8, 4) is 0 Å². The Morgan fingerprint density at radius 1 is 1.26 bits per heavy atom. The number of amides is 1. The second-order valence-corrected chi connectivity index (χ2v) is 6.36. The minimum absolute atomic E-state index is 0. The Labute approximate surface area is 123 Å². The maximum absolute atomic E-state index is 12.2. The van der Waals surface area contributed by atoms with Crippen LogP contribution in [0.2, 0.25) is 0 Å². The molecule has 1 N–H and O–H groups in total. The van der Waals surface area contributed by atoms with Crippen LogP contribution in [0.5, 0.6) is 0 Å². The Morgan fingerprint density at radius 2 is 1.95 bits per heavy atom. The molecule has 0 bridgehead atoms. The minimum atomic E-state index is 0. The number of hydrogen-bond acceptors (Lipinski definition) is 2. The number of hydrogen-bond donors (Lipinski definition) is 1. The van der Waals surface area contributed by atoms with Gasteiger partial charge in [0.05, 0.1) is 0 Å². The Hall–Kier alpha value is -0.280. The lowest BCUT2D eigenvalue weighted by atomic mass is 9.93. The van der Waals surface area contributed by atoms with Crippen LogP contribution in [-0.2, 0) is 4.79 Å². The van der Waals surface area contributed by atoms with E-state index < -0.39 is 0 Å². The zero-order chi connectivity index (χ0) is 13.0. The zero-order valence-corrected chi connectivity index (χ0v) is 13.2. The second kappa shape index (κ2) is 8.11. The van der Waals surface area contributed by atoms with Gasteiger partial charge in [0.1, 0.15) is 0 Å². The quantitative estimate of drug-likeness (QED) is 0.863. The molecule has 0 aromatic carbocycles. The predicted molar refractivity (Wildman–Crippen MR) is 81.6 cm³/mol. The molecule has 1 atom stereocenters. The van der Waals surface area contributed by atoms with Gasteiger partial charge in [-0.15, -0.1) is 12.4 Å². The van der Waals surface area contributed by atoms with Crippen molar-refractivity contribution >= 4 is 18.3 Å². The van der Waals surface area contributed by atoms with Gasteiger partial charge < -0.3 is 10.2 Å². The molecule has 3 nitrogen and oxygen atoms in total. The van der Waals surface area contributed by atoms with E-state index >= 15 is 0 Å². The van der Waals surface area contributed by atoms with Crippen molar-refractivity contribution in [2.24, 2.45) is 17.8 Å². The van der Waals surface area contributed by atoms with Gasteiger partial charge >= 0.3 is 0 Å². The summed E-state index contributed by atoms with van der Waals surface area (Å²) in [6.07, 6.45) is 5.58. The molecule has 2 saturated heterocycles. The molecule has 2 fully saturated rings. The molecule has 0 aromatic heterocycles. The number of nitrogens with zero attached hydrogens (tertiary/aromatic N) is 1. The van der Waals surface area contributed by atoms with Gasteiger partial charge in [-0.05, 0) is 56.5 Å². The van der Waals surface area contributed by atoms with Crippen LogP contribution < -0.4 is 5.32 Å². The van der Waals surface area contributed by atoms with E-state index in [0.717, 1.165) is 50.9 Å². The van der Waals surface area contributed by atoms with Crippen molar-refractivity contribution < 1.29 is 4.79 Å². The van der Waals surface area contributed by atoms with Gasteiger partial charge in [0.25, 0.3) is 0 Å². The Kier molecular flexibility index (Phi) is 7.16. The van der Waals surface area contributed by atoms with Crippen molar-refractivity contribution in [1.82, 2.24) is 10.2 Å². The fraction of sp³-hybridized carbons (Fsp3) is 0.933. The molecule has 0 aromatic rings. The third kappa shape index (κ3) is 4.96. The zero-order valence-electron chi connectivity index (χ0n) is 12.4. The highest BCUT2D eigenvalue weighted by molar-refractivity contribution is 5.85. The van der Waals surface area contributed by atoms with Crippen LogP contribution in [0.25, 0.3) is 0 Å². The van der Waals surface area contributed by atoms with Crippen LogP contribution in [0, 0.1) is 17.8 Å². The molecule has 0 saturated carbocycles. The average molecular weight is 289 g/mol. The number of carbonyl (C=O) groups excluding carboxylic acids is 1. The highest BCUT2D eigenvalue weighted by Crippen LogP contribution is 2.25. The molecular weight excluding hydrogens is 260 g/mol. The van der Waals surface area contributed by atoms with Crippen molar-refractivity contribution in [3.05, 3.63) is 0 Å². The first-order chi connectivity index (χ1) is 8.66. The fourth-order valence-electron chi connectivity index (χ4n) is 3.21. The summed E-state index contributed by atoms with van der Waals surface area (Å²) in [6.45, 7) is 8.81. The molecule has 0 radical (unpaired) electrons. The molecule has 112 valence electrons. The second-order valence-electron chi connectivity index (χ2n) is 6.36.